The second-order valence-corrected chi connectivity index (χ2v) is 8.43. The lowest BCUT2D eigenvalue weighted by atomic mass is 9.93. The fourth-order valence-corrected chi connectivity index (χ4v) is 3.93. The first-order valence-electron chi connectivity index (χ1n) is 9.83. The molecule has 0 radical (unpaired) electrons. The second-order valence-electron chi connectivity index (χ2n) is 7.57. The Kier molecular flexibility index (Phi) is 6.54. The van der Waals surface area contributed by atoms with Gasteiger partial charge in [0.2, 0.25) is 0 Å². The Morgan fingerprint density at radius 1 is 0.966 bits per heavy atom. The Balaban J connectivity index is 1.81. The summed E-state index contributed by atoms with van der Waals surface area (Å²) in [7, 11) is 1.85. The summed E-state index contributed by atoms with van der Waals surface area (Å²) in [4.78, 5) is 17.3. The second kappa shape index (κ2) is 9.09. The molecular weight excluding hydrogens is 380 g/mol. The number of nitrogens with one attached hydrogen (secondary N) is 3. The Morgan fingerprint density at radius 3 is 2.21 bits per heavy atom. The summed E-state index contributed by atoms with van der Waals surface area (Å²) in [5, 5.41) is 12.0. The molecule has 2 aromatic carbocycles. The van der Waals surface area contributed by atoms with E-state index >= 15 is 0 Å². The van der Waals surface area contributed by atoms with Crippen LogP contribution in [0.4, 0.5) is 21.3 Å². The van der Waals surface area contributed by atoms with E-state index in [1.165, 1.54) is 0 Å². The molecule has 3 rings (SSSR count). The highest BCUT2D eigenvalue weighted by Crippen LogP contribution is 2.32. The van der Waals surface area contributed by atoms with E-state index in [-0.39, 0.29) is 6.03 Å². The molecule has 5 nitrogen and oxygen atoms in total. The summed E-state index contributed by atoms with van der Waals surface area (Å²) in [6.07, 6.45) is 0. The highest BCUT2D eigenvalue weighted by atomic mass is 32.1. The largest absolute Gasteiger partial charge is 0.365 e. The van der Waals surface area contributed by atoms with E-state index in [1.54, 1.807) is 11.3 Å². The quantitative estimate of drug-likeness (QED) is 0.423. The first-order chi connectivity index (χ1) is 13.9. The summed E-state index contributed by atoms with van der Waals surface area (Å²) in [6, 6.07) is 13.7. The van der Waals surface area contributed by atoms with Crippen molar-refractivity contribution in [2.75, 3.05) is 23.0 Å². The molecule has 3 aromatic rings. The van der Waals surface area contributed by atoms with Gasteiger partial charge in [0.05, 0.1) is 5.69 Å². The lowest BCUT2D eigenvalue weighted by Gasteiger charge is -2.20. The Bertz CT molecular complexity index is 968. The van der Waals surface area contributed by atoms with Crippen molar-refractivity contribution in [1.82, 2.24) is 4.98 Å². The van der Waals surface area contributed by atoms with Gasteiger partial charge in [0.1, 0.15) is 0 Å². The minimum Gasteiger partial charge on any atom is -0.365 e. The van der Waals surface area contributed by atoms with E-state index in [0.717, 1.165) is 38.9 Å². The van der Waals surface area contributed by atoms with Crippen molar-refractivity contribution in [3.63, 3.8) is 0 Å². The maximum atomic E-state index is 12.8. The average Bonchev–Trinajstić information content (AvgIpc) is 3.17. The van der Waals surface area contributed by atoms with Crippen LogP contribution in [0.15, 0.2) is 47.8 Å². The molecule has 0 bridgehead atoms. The van der Waals surface area contributed by atoms with E-state index in [0.29, 0.717) is 11.8 Å². The third kappa shape index (κ3) is 4.95. The van der Waals surface area contributed by atoms with Gasteiger partial charge < -0.3 is 16.0 Å². The van der Waals surface area contributed by atoms with Crippen molar-refractivity contribution < 1.29 is 4.79 Å². The SMILES string of the molecule is CNc1nc(-c2cccc(NC(=O)Nc3c(C(C)C)cccc3C(C)C)c2)cs1. The maximum absolute atomic E-state index is 12.8. The van der Waals surface area contributed by atoms with Crippen molar-refractivity contribution in [2.45, 2.75) is 39.5 Å². The van der Waals surface area contributed by atoms with Gasteiger partial charge >= 0.3 is 6.03 Å². The summed E-state index contributed by atoms with van der Waals surface area (Å²) in [6.45, 7) is 8.55. The van der Waals surface area contributed by atoms with Crippen LogP contribution in [-0.2, 0) is 0 Å². The lowest BCUT2D eigenvalue weighted by molar-refractivity contribution is 0.262. The van der Waals surface area contributed by atoms with Crippen LogP contribution in [0.5, 0.6) is 0 Å². The van der Waals surface area contributed by atoms with Gasteiger partial charge in [0.15, 0.2) is 5.13 Å². The van der Waals surface area contributed by atoms with Gasteiger partial charge in [0, 0.05) is 29.4 Å². The van der Waals surface area contributed by atoms with Gasteiger partial charge in [-0.1, -0.05) is 58.0 Å². The summed E-state index contributed by atoms with van der Waals surface area (Å²) >= 11 is 1.55. The van der Waals surface area contributed by atoms with Gasteiger partial charge in [0.25, 0.3) is 0 Å². The molecule has 0 saturated carbocycles. The molecule has 0 saturated heterocycles. The number of benzene rings is 2. The molecule has 29 heavy (non-hydrogen) atoms. The van der Waals surface area contributed by atoms with Crippen LogP contribution in [0.25, 0.3) is 11.3 Å². The van der Waals surface area contributed by atoms with Gasteiger partial charge in [-0.3, -0.25) is 0 Å². The number of amides is 2. The molecule has 0 aliphatic carbocycles. The fraction of sp³-hybridized carbons (Fsp3) is 0.304. The summed E-state index contributed by atoms with van der Waals surface area (Å²) < 4.78 is 0. The van der Waals surface area contributed by atoms with Crippen LogP contribution < -0.4 is 16.0 Å². The molecule has 1 aromatic heterocycles. The molecule has 6 heteroatoms. The van der Waals surface area contributed by atoms with Crippen LogP contribution in [0, 0.1) is 0 Å². The molecule has 152 valence electrons. The van der Waals surface area contributed by atoms with E-state index < -0.39 is 0 Å². The van der Waals surface area contributed by atoms with Crippen molar-refractivity contribution in [2.24, 2.45) is 0 Å². The molecule has 0 aliphatic rings. The molecule has 0 spiro atoms. The zero-order valence-electron chi connectivity index (χ0n) is 17.5. The smallest absolute Gasteiger partial charge is 0.323 e. The lowest BCUT2D eigenvalue weighted by Crippen LogP contribution is -2.21. The van der Waals surface area contributed by atoms with Gasteiger partial charge in [-0.15, -0.1) is 11.3 Å². The van der Waals surface area contributed by atoms with Gasteiger partial charge in [-0.2, -0.15) is 0 Å². The molecule has 2 amide bonds. The average molecular weight is 409 g/mol. The third-order valence-electron chi connectivity index (χ3n) is 4.75. The molecule has 3 N–H and O–H groups in total. The van der Waals surface area contributed by atoms with Crippen molar-refractivity contribution in [1.29, 1.82) is 0 Å². The predicted molar refractivity (Wildman–Crippen MR) is 124 cm³/mol. The van der Waals surface area contributed by atoms with Crippen LogP contribution in [0.2, 0.25) is 0 Å². The van der Waals surface area contributed by atoms with Gasteiger partial charge in [-0.05, 0) is 35.1 Å². The number of rotatable bonds is 6. The first kappa shape index (κ1) is 20.9. The Hall–Kier alpha value is -2.86. The van der Waals surface area contributed by atoms with Crippen molar-refractivity contribution in [3.05, 3.63) is 59.0 Å². The molecule has 0 atom stereocenters. The van der Waals surface area contributed by atoms with Crippen LogP contribution in [0.1, 0.15) is 50.7 Å². The molecule has 1 heterocycles. The topological polar surface area (TPSA) is 66.0 Å². The first-order valence-corrected chi connectivity index (χ1v) is 10.7. The van der Waals surface area contributed by atoms with Crippen molar-refractivity contribution in [3.8, 4) is 11.3 Å². The normalized spacial score (nSPS) is 11.0. The number of carbonyl (C=O) groups is 1. The minimum atomic E-state index is -0.244. The number of aromatic nitrogens is 1. The Morgan fingerprint density at radius 2 is 1.62 bits per heavy atom. The standard InChI is InChI=1S/C23H28N4OS/c1-14(2)18-10-7-11-19(15(3)4)21(18)27-22(28)25-17-9-6-8-16(12-17)20-13-29-23(24-5)26-20/h6-15H,1-5H3,(H,24,26)(H2,25,27,28). The van der Waals surface area contributed by atoms with E-state index in [9.17, 15) is 4.79 Å². The monoisotopic (exact) mass is 408 g/mol. The van der Waals surface area contributed by atoms with E-state index in [2.05, 4.69) is 66.8 Å². The zero-order chi connectivity index (χ0) is 21.0. The molecular formula is C23H28N4OS. The number of hydrogen-bond acceptors (Lipinski definition) is 4. The third-order valence-corrected chi connectivity index (χ3v) is 5.61. The Labute approximate surface area is 176 Å². The maximum Gasteiger partial charge on any atom is 0.323 e. The van der Waals surface area contributed by atoms with E-state index in [4.69, 9.17) is 0 Å². The van der Waals surface area contributed by atoms with E-state index in [1.807, 2.05) is 36.7 Å². The highest BCUT2D eigenvalue weighted by molar-refractivity contribution is 7.14. The predicted octanol–water partition coefficient (Wildman–Crippen LogP) is 6.74. The number of carbonyl (C=O) groups excluding carboxylic acids is 1. The number of thiazole rings is 1. The van der Waals surface area contributed by atoms with Crippen LogP contribution >= 0.6 is 11.3 Å². The van der Waals surface area contributed by atoms with Crippen molar-refractivity contribution >= 4 is 33.9 Å². The molecule has 0 unspecified atom stereocenters. The number of anilines is 3. The van der Waals surface area contributed by atoms with Crippen LogP contribution in [0.3, 0.4) is 0 Å². The molecule has 0 fully saturated rings. The summed E-state index contributed by atoms with van der Waals surface area (Å²) in [5.74, 6) is 0.636. The van der Waals surface area contributed by atoms with Crippen LogP contribution in [-0.4, -0.2) is 18.1 Å². The zero-order valence-corrected chi connectivity index (χ0v) is 18.4. The molecule has 0 aliphatic heterocycles. The number of para-hydroxylation sites is 1. The summed E-state index contributed by atoms with van der Waals surface area (Å²) in [5.41, 5.74) is 5.77. The minimum absolute atomic E-state index is 0.244. The highest BCUT2D eigenvalue weighted by Gasteiger charge is 2.16. The number of urea groups is 1. The number of hydrogen-bond donors (Lipinski definition) is 3. The fourth-order valence-electron chi connectivity index (χ4n) is 3.25. The van der Waals surface area contributed by atoms with Gasteiger partial charge in [-0.25, -0.2) is 9.78 Å². The number of nitrogens with zero attached hydrogens (tertiary/aromatic N) is 1.